The molecule has 3 saturated carbocycles. The molecule has 3 heteroatoms. The smallest absolute Gasteiger partial charge is 0.225 e. The molecule has 0 aromatic rings. The van der Waals surface area contributed by atoms with Gasteiger partial charge in [0, 0.05) is 24.3 Å². The third kappa shape index (κ3) is 3.23. The van der Waals surface area contributed by atoms with Gasteiger partial charge >= 0.3 is 0 Å². The van der Waals surface area contributed by atoms with Gasteiger partial charge in [0.1, 0.15) is 0 Å². The molecule has 1 amide bonds. The molecule has 3 fully saturated rings. The summed E-state index contributed by atoms with van der Waals surface area (Å²) in [4.78, 5) is 15.4. The Morgan fingerprint density at radius 3 is 2.45 bits per heavy atom. The number of carbonyl (C=O) groups excluding carboxylic acids is 1. The first-order valence-electron chi connectivity index (χ1n) is 8.52. The number of rotatable bonds is 3. The minimum Gasteiger partial charge on any atom is -0.345 e. The van der Waals surface area contributed by atoms with Gasteiger partial charge < -0.3 is 4.90 Å². The summed E-state index contributed by atoms with van der Waals surface area (Å²) in [7, 11) is 2.02. The lowest BCUT2D eigenvalue weighted by Crippen LogP contribution is -2.42. The van der Waals surface area contributed by atoms with Gasteiger partial charge in [0.25, 0.3) is 0 Å². The Bertz CT molecular complexity index is 353. The van der Waals surface area contributed by atoms with Crippen molar-refractivity contribution in [3.8, 4) is 0 Å². The van der Waals surface area contributed by atoms with E-state index in [1.807, 2.05) is 11.9 Å². The summed E-state index contributed by atoms with van der Waals surface area (Å²) < 4.78 is 0. The molecular weight excluding hydrogens is 314 g/mol. The van der Waals surface area contributed by atoms with Gasteiger partial charge in [-0.2, -0.15) is 0 Å². The molecule has 0 aromatic heterocycles. The highest BCUT2D eigenvalue weighted by Gasteiger charge is 2.37. The molecule has 3 rings (SSSR count). The monoisotopic (exact) mass is 341 g/mol. The average Bonchev–Trinajstić information content (AvgIpc) is 2.44. The minimum absolute atomic E-state index is 0.333. The van der Waals surface area contributed by atoms with Gasteiger partial charge in [-0.3, -0.25) is 4.79 Å². The van der Waals surface area contributed by atoms with Crippen LogP contribution in [0.4, 0.5) is 0 Å². The van der Waals surface area contributed by atoms with Crippen molar-refractivity contribution in [1.82, 2.24) is 4.90 Å². The van der Waals surface area contributed by atoms with Crippen LogP contribution in [0.5, 0.6) is 0 Å². The van der Waals surface area contributed by atoms with E-state index in [1.165, 1.54) is 51.4 Å². The van der Waals surface area contributed by atoms with E-state index in [9.17, 15) is 4.79 Å². The predicted octanol–water partition coefficient (Wildman–Crippen LogP) is 4.22. The maximum atomic E-state index is 12.6. The molecule has 0 aliphatic heterocycles. The minimum atomic E-state index is 0.333. The summed E-state index contributed by atoms with van der Waals surface area (Å²) >= 11 is 3.64. The van der Waals surface area contributed by atoms with E-state index in [2.05, 4.69) is 15.9 Å². The fourth-order valence-electron chi connectivity index (χ4n) is 4.69. The van der Waals surface area contributed by atoms with E-state index >= 15 is 0 Å². The van der Waals surface area contributed by atoms with Gasteiger partial charge in [-0.15, -0.1) is 0 Å². The molecule has 114 valence electrons. The number of halogens is 1. The SMILES string of the molecule is CN(CC1CC(Br)C1)C(=O)C1CCC2CCCCC2C1. The van der Waals surface area contributed by atoms with Gasteiger partial charge in [0.15, 0.2) is 0 Å². The lowest BCUT2D eigenvalue weighted by Gasteiger charge is -2.41. The fourth-order valence-corrected chi connectivity index (χ4v) is 5.75. The molecule has 0 saturated heterocycles. The van der Waals surface area contributed by atoms with E-state index < -0.39 is 0 Å². The topological polar surface area (TPSA) is 20.3 Å². The summed E-state index contributed by atoms with van der Waals surface area (Å²) in [6, 6.07) is 0. The molecular formula is C17H28BrNO. The zero-order chi connectivity index (χ0) is 14.1. The van der Waals surface area contributed by atoms with Gasteiger partial charge in [0.05, 0.1) is 0 Å². The largest absolute Gasteiger partial charge is 0.345 e. The van der Waals surface area contributed by atoms with E-state index in [-0.39, 0.29) is 0 Å². The second kappa shape index (κ2) is 6.37. The highest BCUT2D eigenvalue weighted by molar-refractivity contribution is 9.09. The molecule has 20 heavy (non-hydrogen) atoms. The van der Waals surface area contributed by atoms with Crippen LogP contribution in [0, 0.1) is 23.7 Å². The quantitative estimate of drug-likeness (QED) is 0.703. The van der Waals surface area contributed by atoms with E-state index in [1.54, 1.807) is 0 Å². The second-order valence-corrected chi connectivity index (χ2v) is 8.76. The third-order valence-corrected chi connectivity index (χ3v) is 6.72. The number of alkyl halides is 1. The zero-order valence-electron chi connectivity index (χ0n) is 12.7. The molecule has 0 radical (unpaired) electrons. The molecule has 0 spiro atoms. The Balaban J connectivity index is 1.49. The van der Waals surface area contributed by atoms with Crippen LogP contribution >= 0.6 is 15.9 Å². The summed E-state index contributed by atoms with van der Waals surface area (Å²) in [5, 5.41) is 0. The van der Waals surface area contributed by atoms with Crippen LogP contribution in [0.15, 0.2) is 0 Å². The second-order valence-electron chi connectivity index (χ2n) is 7.47. The van der Waals surface area contributed by atoms with Crippen LogP contribution < -0.4 is 0 Å². The van der Waals surface area contributed by atoms with Crippen LogP contribution in [0.1, 0.15) is 57.8 Å². The van der Waals surface area contributed by atoms with Crippen molar-refractivity contribution in [2.24, 2.45) is 23.7 Å². The first-order valence-corrected chi connectivity index (χ1v) is 9.44. The van der Waals surface area contributed by atoms with Crippen molar-refractivity contribution in [2.75, 3.05) is 13.6 Å². The average molecular weight is 342 g/mol. The predicted molar refractivity (Wildman–Crippen MR) is 85.9 cm³/mol. The lowest BCUT2D eigenvalue weighted by atomic mass is 9.67. The molecule has 3 aliphatic carbocycles. The van der Waals surface area contributed by atoms with Crippen LogP contribution in [0.2, 0.25) is 0 Å². The van der Waals surface area contributed by atoms with Crippen LogP contribution in [0.25, 0.3) is 0 Å². The zero-order valence-corrected chi connectivity index (χ0v) is 14.3. The van der Waals surface area contributed by atoms with Gasteiger partial charge in [-0.1, -0.05) is 41.6 Å². The lowest BCUT2D eigenvalue weighted by molar-refractivity contribution is -0.137. The first kappa shape index (κ1) is 14.9. The van der Waals surface area contributed by atoms with Crippen LogP contribution in [-0.2, 0) is 4.79 Å². The van der Waals surface area contributed by atoms with Gasteiger partial charge in [-0.05, 0) is 49.9 Å². The molecule has 0 N–H and O–H groups in total. The highest BCUT2D eigenvalue weighted by Crippen LogP contribution is 2.43. The van der Waals surface area contributed by atoms with Crippen LogP contribution in [0.3, 0.4) is 0 Å². The molecule has 3 aliphatic rings. The Labute approximate surface area is 131 Å². The number of hydrogen-bond acceptors (Lipinski definition) is 1. The molecule has 2 nitrogen and oxygen atoms in total. The Morgan fingerprint density at radius 2 is 1.75 bits per heavy atom. The maximum absolute atomic E-state index is 12.6. The van der Waals surface area contributed by atoms with Crippen molar-refractivity contribution < 1.29 is 4.79 Å². The Morgan fingerprint density at radius 1 is 1.05 bits per heavy atom. The van der Waals surface area contributed by atoms with Crippen molar-refractivity contribution in [2.45, 2.75) is 62.6 Å². The van der Waals surface area contributed by atoms with Crippen LogP contribution in [-0.4, -0.2) is 29.2 Å². The van der Waals surface area contributed by atoms with Gasteiger partial charge in [-0.25, -0.2) is 0 Å². The van der Waals surface area contributed by atoms with Crippen molar-refractivity contribution in [3.05, 3.63) is 0 Å². The summed E-state index contributed by atoms with van der Waals surface area (Å²) in [5.74, 6) is 3.31. The highest BCUT2D eigenvalue weighted by atomic mass is 79.9. The number of amides is 1. The number of hydrogen-bond donors (Lipinski definition) is 0. The maximum Gasteiger partial charge on any atom is 0.225 e. The Kier molecular flexibility index (Phi) is 4.74. The normalized spacial score (nSPS) is 40.6. The molecule has 0 bridgehead atoms. The molecule has 3 atom stereocenters. The van der Waals surface area contributed by atoms with Gasteiger partial charge in [0.2, 0.25) is 5.91 Å². The summed E-state index contributed by atoms with van der Waals surface area (Å²) in [6.45, 7) is 0.978. The van der Waals surface area contributed by atoms with E-state index in [4.69, 9.17) is 0 Å². The van der Waals surface area contributed by atoms with Crippen molar-refractivity contribution >= 4 is 21.8 Å². The summed E-state index contributed by atoms with van der Waals surface area (Å²) in [5.41, 5.74) is 0. The standard InChI is InChI=1S/C17H28BrNO/c1-19(11-12-8-16(18)9-12)17(20)15-7-6-13-4-2-3-5-14(13)10-15/h12-16H,2-11H2,1H3. The number of fused-ring (bicyclic) bond motifs is 1. The van der Waals surface area contributed by atoms with E-state index in [0.29, 0.717) is 16.7 Å². The third-order valence-electron chi connectivity index (χ3n) is 5.98. The fraction of sp³-hybridized carbons (Fsp3) is 0.941. The Hall–Kier alpha value is -0.0500. The first-order chi connectivity index (χ1) is 9.63. The van der Waals surface area contributed by atoms with Crippen molar-refractivity contribution in [1.29, 1.82) is 0 Å². The molecule has 0 heterocycles. The number of nitrogens with zero attached hydrogens (tertiary/aromatic N) is 1. The molecule has 0 aromatic carbocycles. The number of carbonyl (C=O) groups is 1. The summed E-state index contributed by atoms with van der Waals surface area (Å²) in [6.07, 6.45) is 11.8. The molecule has 3 unspecified atom stereocenters. The van der Waals surface area contributed by atoms with Crippen molar-refractivity contribution in [3.63, 3.8) is 0 Å². The van der Waals surface area contributed by atoms with E-state index in [0.717, 1.165) is 30.7 Å².